The molecule has 4 heterocycles. The summed E-state index contributed by atoms with van der Waals surface area (Å²) in [5, 5.41) is 21.4. The Bertz CT molecular complexity index is 1970. The number of aliphatic hydroxyl groups excluding tert-OH is 2. The summed E-state index contributed by atoms with van der Waals surface area (Å²) in [6.07, 6.45) is -0.556. The van der Waals surface area contributed by atoms with Gasteiger partial charge in [0.2, 0.25) is 0 Å². The average Bonchev–Trinajstić information content (AvgIpc) is 3.83. The molecule has 320 valence electrons. The first-order chi connectivity index (χ1) is 27.4. The Morgan fingerprint density at radius 2 is 1.41 bits per heavy atom. The van der Waals surface area contributed by atoms with E-state index in [4.69, 9.17) is 28.4 Å². The number of esters is 4. The lowest BCUT2D eigenvalue weighted by Gasteiger charge is -2.29. The Morgan fingerprint density at radius 1 is 0.845 bits per heavy atom. The summed E-state index contributed by atoms with van der Waals surface area (Å²) in [5.74, 6) is -6.20. The molecule has 7 atom stereocenters. The lowest BCUT2D eigenvalue weighted by molar-refractivity contribution is -0.164. The summed E-state index contributed by atoms with van der Waals surface area (Å²) in [5.41, 5.74) is -5.15. The summed E-state index contributed by atoms with van der Waals surface area (Å²) in [6.45, 7) is 5.15. The second kappa shape index (κ2) is 19.3. The topological polar surface area (TPSA) is 271 Å². The number of nitrogens with zero attached hydrogens (tertiary/aromatic N) is 5. The van der Waals surface area contributed by atoms with E-state index in [2.05, 4.69) is 6.58 Å². The molecule has 2 N–H and O–H groups in total. The van der Waals surface area contributed by atoms with Crippen molar-refractivity contribution in [1.82, 2.24) is 23.5 Å². The number of fused-ring (bicyclic) bond motifs is 2. The number of aromatic nitrogens is 3. The van der Waals surface area contributed by atoms with Crippen LogP contribution in [0.1, 0.15) is 34.1 Å². The van der Waals surface area contributed by atoms with Gasteiger partial charge in [-0.1, -0.05) is 18.2 Å². The van der Waals surface area contributed by atoms with E-state index >= 15 is 0 Å². The van der Waals surface area contributed by atoms with Crippen LogP contribution in [-0.2, 0) is 72.0 Å². The number of carbonyl (C=O) groups excluding carboxylic acids is 6. The number of carbonyl (C=O) groups is 6. The van der Waals surface area contributed by atoms with E-state index in [1.54, 1.807) is 19.1 Å². The van der Waals surface area contributed by atoms with E-state index in [-0.39, 0.29) is 32.8 Å². The number of methoxy groups -OCH3 is 1. The third kappa shape index (κ3) is 9.97. The van der Waals surface area contributed by atoms with Gasteiger partial charge < -0.3 is 43.5 Å². The normalized spacial score (nSPS) is 22.1. The molecule has 2 bridgehead atoms. The van der Waals surface area contributed by atoms with E-state index in [9.17, 15) is 53.4 Å². The van der Waals surface area contributed by atoms with Crippen LogP contribution in [0.25, 0.3) is 0 Å². The summed E-state index contributed by atoms with van der Waals surface area (Å²) in [6, 6.07) is -0.885. The number of ether oxygens (including phenoxy) is 6. The molecule has 0 radical (unpaired) electrons. The second-order valence-electron chi connectivity index (χ2n) is 14.2. The van der Waals surface area contributed by atoms with Crippen molar-refractivity contribution in [2.45, 2.75) is 89.8 Å². The van der Waals surface area contributed by atoms with Crippen molar-refractivity contribution in [2.75, 3.05) is 46.6 Å². The summed E-state index contributed by atoms with van der Waals surface area (Å²) in [4.78, 5) is 118. The maximum absolute atomic E-state index is 13.4. The molecule has 0 saturated carbocycles. The number of rotatable bonds is 21. The lowest BCUT2D eigenvalue weighted by atomic mass is 9.83. The van der Waals surface area contributed by atoms with Crippen LogP contribution in [-0.4, -0.2) is 152 Å². The van der Waals surface area contributed by atoms with Crippen LogP contribution in [0, 0.1) is 11.8 Å². The fourth-order valence-electron chi connectivity index (χ4n) is 6.70. The molecular formula is C36H49N5O17. The molecule has 1 aromatic heterocycles. The first-order valence-electron chi connectivity index (χ1n) is 18.4. The fraction of sp³-hybridized carbons (Fsp3) is 0.639. The Morgan fingerprint density at radius 3 is 1.98 bits per heavy atom. The highest BCUT2D eigenvalue weighted by Crippen LogP contribution is 2.40. The van der Waals surface area contributed by atoms with Gasteiger partial charge in [-0.2, -0.15) is 0 Å². The Kier molecular flexibility index (Phi) is 15.1. The molecule has 0 aliphatic carbocycles. The molecule has 0 aromatic carbocycles. The van der Waals surface area contributed by atoms with E-state index in [0.717, 1.165) is 9.80 Å². The van der Waals surface area contributed by atoms with E-state index in [1.807, 2.05) is 0 Å². The maximum Gasteiger partial charge on any atom is 0.337 e. The summed E-state index contributed by atoms with van der Waals surface area (Å²) in [7, 11) is 1.45. The molecule has 58 heavy (non-hydrogen) atoms. The molecule has 7 unspecified atom stereocenters. The van der Waals surface area contributed by atoms with E-state index in [0.29, 0.717) is 13.7 Å². The van der Waals surface area contributed by atoms with Crippen molar-refractivity contribution in [3.8, 4) is 0 Å². The molecule has 2 fully saturated rings. The third-order valence-electron chi connectivity index (χ3n) is 9.56. The number of amides is 3. The van der Waals surface area contributed by atoms with Gasteiger partial charge in [-0.3, -0.25) is 28.9 Å². The molecular weight excluding hydrogens is 774 g/mol. The highest BCUT2D eigenvalue weighted by Gasteiger charge is 2.55. The molecule has 2 saturated heterocycles. The Hall–Kier alpha value is -5.45. The molecule has 0 spiro atoms. The van der Waals surface area contributed by atoms with Crippen LogP contribution in [0.3, 0.4) is 0 Å². The van der Waals surface area contributed by atoms with Crippen LogP contribution >= 0.6 is 0 Å². The number of imide groups is 1. The number of allylic oxidation sites excluding steroid dienone is 1. The first kappa shape index (κ1) is 45.3. The molecule has 1 aromatic rings. The minimum atomic E-state index is -1.58. The van der Waals surface area contributed by atoms with E-state index < -0.39 is 134 Å². The molecule has 3 aliphatic heterocycles. The Balaban J connectivity index is 1.31. The molecule has 3 amide bonds. The number of hydrogen-bond donors (Lipinski definition) is 2. The van der Waals surface area contributed by atoms with Crippen LogP contribution in [0.15, 0.2) is 39.2 Å². The molecule has 22 heteroatoms. The van der Waals surface area contributed by atoms with Gasteiger partial charge in [0.15, 0.2) is 0 Å². The van der Waals surface area contributed by atoms with Gasteiger partial charge in [-0.25, -0.2) is 32.9 Å². The van der Waals surface area contributed by atoms with Crippen LogP contribution < -0.4 is 17.1 Å². The lowest BCUT2D eigenvalue weighted by Crippen LogP contribution is -2.56. The predicted molar refractivity (Wildman–Crippen MR) is 195 cm³/mol. The SMILES string of the molecule is C=CCn1c(=O)n(CC(=O)OCC)c(=O)n(CC(=O)OCC(O)CN2C(=O)N(CC(O)CCOC(=O)C3C4C=CC(O4)C3C(=O)OC(C)COC)C(=O)C2(C)C)c1=O. The summed E-state index contributed by atoms with van der Waals surface area (Å²) < 4.78 is 32.6. The number of hydrogen-bond acceptors (Lipinski definition) is 17. The molecule has 22 nitrogen and oxygen atoms in total. The quantitative estimate of drug-likeness (QED) is 0.0553. The van der Waals surface area contributed by atoms with Gasteiger partial charge >= 0.3 is 47.0 Å². The van der Waals surface area contributed by atoms with E-state index in [1.165, 1.54) is 34.0 Å². The second-order valence-corrected chi connectivity index (χ2v) is 14.2. The van der Waals surface area contributed by atoms with Gasteiger partial charge in [0.05, 0.1) is 57.8 Å². The monoisotopic (exact) mass is 823 g/mol. The van der Waals surface area contributed by atoms with Crippen molar-refractivity contribution in [3.05, 3.63) is 56.3 Å². The maximum atomic E-state index is 13.4. The van der Waals surface area contributed by atoms with Crippen molar-refractivity contribution < 1.29 is 67.4 Å². The standard InChI is InChI=1S/C36H49N5O17/c1-7-12-37-32(49)39(16-25(44)54-8-2)34(51)40(33(37)50)17-26(45)56-19-22(43)15-41-35(52)38(31(48)36(41,4)5)14-21(42)11-13-55-29(46)27-23-9-10-24(58-23)28(27)30(47)57-20(3)18-53-6/h7,9-10,20-24,27-28,42-43H,1,8,11-19H2,2-6H3. The van der Waals surface area contributed by atoms with Crippen molar-refractivity contribution >= 4 is 35.8 Å². The van der Waals surface area contributed by atoms with Gasteiger partial charge in [-0.15, -0.1) is 6.58 Å². The average molecular weight is 824 g/mol. The van der Waals surface area contributed by atoms with Gasteiger partial charge in [0, 0.05) is 13.5 Å². The minimum Gasteiger partial charge on any atom is -0.465 e. The minimum absolute atomic E-state index is 0.0503. The number of β-amino-alcohol motifs (C(OH)–C–C–N with tert-alkyl or cyclic N) is 2. The zero-order valence-corrected chi connectivity index (χ0v) is 32.8. The van der Waals surface area contributed by atoms with Gasteiger partial charge in [0.1, 0.15) is 49.3 Å². The zero-order chi connectivity index (χ0) is 43.1. The molecule has 4 rings (SSSR count). The first-order valence-corrected chi connectivity index (χ1v) is 18.4. The Labute approximate surface area is 331 Å². The fourth-order valence-corrected chi connectivity index (χ4v) is 6.70. The van der Waals surface area contributed by atoms with Gasteiger partial charge in [0.25, 0.3) is 5.91 Å². The van der Waals surface area contributed by atoms with Crippen molar-refractivity contribution in [2.24, 2.45) is 11.8 Å². The van der Waals surface area contributed by atoms with Gasteiger partial charge in [-0.05, 0) is 27.7 Å². The number of aliphatic hydroxyl groups is 2. The van der Waals surface area contributed by atoms with Crippen LogP contribution in [0.5, 0.6) is 0 Å². The highest BCUT2D eigenvalue weighted by molar-refractivity contribution is 6.06. The summed E-state index contributed by atoms with van der Waals surface area (Å²) >= 11 is 0. The largest absolute Gasteiger partial charge is 0.465 e. The van der Waals surface area contributed by atoms with Crippen LogP contribution in [0.2, 0.25) is 0 Å². The highest BCUT2D eigenvalue weighted by atomic mass is 16.6. The molecule has 3 aliphatic rings. The van der Waals surface area contributed by atoms with Crippen molar-refractivity contribution in [3.63, 3.8) is 0 Å². The number of urea groups is 1. The smallest absolute Gasteiger partial charge is 0.337 e. The third-order valence-corrected chi connectivity index (χ3v) is 9.56. The van der Waals surface area contributed by atoms with Crippen LogP contribution in [0.4, 0.5) is 4.79 Å². The predicted octanol–water partition coefficient (Wildman–Crippen LogP) is -2.69. The van der Waals surface area contributed by atoms with Crippen molar-refractivity contribution in [1.29, 1.82) is 0 Å². The zero-order valence-electron chi connectivity index (χ0n) is 32.8.